The molecule has 4 rings (SSSR count). The van der Waals surface area contributed by atoms with Crippen LogP contribution in [0, 0.1) is 0 Å². The summed E-state index contributed by atoms with van der Waals surface area (Å²) < 4.78 is 18.7. The van der Waals surface area contributed by atoms with Crippen molar-refractivity contribution in [2.24, 2.45) is 4.99 Å². The van der Waals surface area contributed by atoms with Crippen LogP contribution in [0.2, 0.25) is 0 Å². The number of hydrogen-bond donors (Lipinski definition) is 0. The first-order chi connectivity index (χ1) is 15.1. The molecule has 7 nitrogen and oxygen atoms in total. The Kier molecular flexibility index (Phi) is 6.62. The number of ether oxygens (including phenoxy) is 3. The summed E-state index contributed by atoms with van der Waals surface area (Å²) in [6.45, 7) is 3.00. The quantitative estimate of drug-likeness (QED) is 0.416. The number of thiazole rings is 1. The van der Waals surface area contributed by atoms with Crippen LogP contribution in [0.4, 0.5) is 0 Å². The van der Waals surface area contributed by atoms with E-state index in [2.05, 4.69) is 11.9 Å². The Morgan fingerprint density at radius 3 is 2.55 bits per heavy atom. The molecule has 0 atom stereocenters. The second-order valence-corrected chi connectivity index (χ2v) is 9.12. The van der Waals surface area contributed by atoms with Crippen molar-refractivity contribution in [1.29, 1.82) is 0 Å². The number of aromatic nitrogens is 1. The van der Waals surface area contributed by atoms with Gasteiger partial charge in [0, 0.05) is 17.0 Å². The van der Waals surface area contributed by atoms with Gasteiger partial charge in [-0.25, -0.2) is 0 Å². The van der Waals surface area contributed by atoms with Crippen molar-refractivity contribution in [3.05, 3.63) is 46.8 Å². The largest absolute Gasteiger partial charge is 0.486 e. The van der Waals surface area contributed by atoms with Gasteiger partial charge in [-0.1, -0.05) is 30.4 Å². The zero-order valence-electron chi connectivity index (χ0n) is 17.3. The lowest BCUT2D eigenvalue weighted by atomic mass is 10.1. The maximum Gasteiger partial charge on any atom is 0.325 e. The van der Waals surface area contributed by atoms with Crippen LogP contribution in [0.15, 0.2) is 46.3 Å². The number of esters is 1. The summed E-state index contributed by atoms with van der Waals surface area (Å²) in [4.78, 5) is 30.6. The smallest absolute Gasteiger partial charge is 0.325 e. The predicted octanol–water partition coefficient (Wildman–Crippen LogP) is 3.43. The highest BCUT2D eigenvalue weighted by molar-refractivity contribution is 7.99. The van der Waals surface area contributed by atoms with E-state index in [0.29, 0.717) is 29.5 Å². The van der Waals surface area contributed by atoms with Gasteiger partial charge in [-0.05, 0) is 23.4 Å². The van der Waals surface area contributed by atoms with Gasteiger partial charge in [0.1, 0.15) is 19.8 Å². The average Bonchev–Trinajstić information content (AvgIpc) is 3.09. The van der Waals surface area contributed by atoms with E-state index in [9.17, 15) is 9.59 Å². The molecular formula is C22H22N2O5S2. The fraction of sp³-hybridized carbons (Fsp3) is 0.318. The van der Waals surface area contributed by atoms with Crippen molar-refractivity contribution in [1.82, 2.24) is 4.57 Å². The molecule has 162 valence electrons. The van der Waals surface area contributed by atoms with Crippen LogP contribution in [0.3, 0.4) is 0 Å². The molecule has 0 unspecified atom stereocenters. The highest BCUT2D eigenvalue weighted by Gasteiger charge is 2.18. The molecule has 9 heteroatoms. The molecule has 1 aliphatic rings. The Morgan fingerprint density at radius 2 is 1.87 bits per heavy atom. The summed E-state index contributed by atoms with van der Waals surface area (Å²) in [6.07, 6.45) is 0.187. The minimum atomic E-state index is -0.424. The molecule has 1 aliphatic heterocycles. The van der Waals surface area contributed by atoms with Gasteiger partial charge in [0.25, 0.3) is 5.91 Å². The molecule has 3 aromatic rings. The van der Waals surface area contributed by atoms with Crippen LogP contribution in [0.1, 0.15) is 12.5 Å². The molecule has 2 heterocycles. The van der Waals surface area contributed by atoms with Crippen molar-refractivity contribution in [3.8, 4) is 11.5 Å². The molecule has 0 fully saturated rings. The first-order valence-corrected chi connectivity index (χ1v) is 11.7. The van der Waals surface area contributed by atoms with Crippen LogP contribution in [0.5, 0.6) is 11.5 Å². The number of fused-ring (bicyclic) bond motifs is 2. The van der Waals surface area contributed by atoms with E-state index >= 15 is 0 Å². The number of thioether (sulfide) groups is 1. The van der Waals surface area contributed by atoms with Gasteiger partial charge in [-0.2, -0.15) is 4.99 Å². The normalized spacial score (nSPS) is 13.4. The van der Waals surface area contributed by atoms with Crippen molar-refractivity contribution < 1.29 is 23.8 Å². The standard InChI is InChI=1S/C22H22N2O5S2/c1-3-30-15-6-4-14(5-7-15)10-20(25)23-22-24(13-21(26)27-2)16-11-17-18(12-19(16)31-22)29-9-8-28-17/h4-7,11-12H,3,8-10,13H2,1-2H3. The molecule has 0 bridgehead atoms. The number of amides is 1. The number of carbonyl (C=O) groups excluding carboxylic acids is 2. The Balaban J connectivity index is 1.68. The SMILES string of the molecule is CCSc1ccc(CC(=O)N=c2sc3cc4c(cc3n2CC(=O)OC)OCCO4)cc1. The van der Waals surface area contributed by atoms with Gasteiger partial charge in [0.2, 0.25) is 0 Å². The van der Waals surface area contributed by atoms with Crippen molar-refractivity contribution in [2.45, 2.75) is 24.8 Å². The highest BCUT2D eigenvalue weighted by atomic mass is 32.2. The Labute approximate surface area is 187 Å². The van der Waals surface area contributed by atoms with E-state index in [1.165, 1.54) is 23.3 Å². The first kappa shape index (κ1) is 21.5. The van der Waals surface area contributed by atoms with Crippen LogP contribution in [0.25, 0.3) is 10.2 Å². The van der Waals surface area contributed by atoms with E-state index in [4.69, 9.17) is 14.2 Å². The van der Waals surface area contributed by atoms with E-state index in [1.54, 1.807) is 16.3 Å². The number of hydrogen-bond acceptors (Lipinski definition) is 7. The van der Waals surface area contributed by atoms with Gasteiger partial charge >= 0.3 is 5.97 Å². The van der Waals surface area contributed by atoms with E-state index in [0.717, 1.165) is 21.5 Å². The van der Waals surface area contributed by atoms with Crippen LogP contribution < -0.4 is 14.3 Å². The third kappa shape index (κ3) is 4.94. The van der Waals surface area contributed by atoms with Gasteiger partial charge < -0.3 is 18.8 Å². The van der Waals surface area contributed by atoms with Crippen molar-refractivity contribution in [3.63, 3.8) is 0 Å². The van der Waals surface area contributed by atoms with Gasteiger partial charge in [0.05, 0.1) is 23.7 Å². The lowest BCUT2D eigenvalue weighted by molar-refractivity contribution is -0.141. The lowest BCUT2D eigenvalue weighted by Gasteiger charge is -2.18. The molecule has 31 heavy (non-hydrogen) atoms. The average molecular weight is 459 g/mol. The van der Waals surface area contributed by atoms with Crippen LogP contribution in [-0.2, 0) is 27.3 Å². The van der Waals surface area contributed by atoms with Gasteiger partial charge in [-0.15, -0.1) is 11.8 Å². The zero-order valence-corrected chi connectivity index (χ0v) is 18.9. The molecule has 0 radical (unpaired) electrons. The zero-order chi connectivity index (χ0) is 21.8. The Hall–Kier alpha value is -2.78. The molecule has 2 aromatic carbocycles. The van der Waals surface area contributed by atoms with Crippen molar-refractivity contribution in [2.75, 3.05) is 26.1 Å². The van der Waals surface area contributed by atoms with E-state index < -0.39 is 5.97 Å². The first-order valence-electron chi connectivity index (χ1n) is 9.86. The van der Waals surface area contributed by atoms with Gasteiger partial charge in [0.15, 0.2) is 16.3 Å². The Bertz CT molecular complexity index is 1180. The van der Waals surface area contributed by atoms with E-state index in [-0.39, 0.29) is 18.9 Å². The van der Waals surface area contributed by atoms with E-state index in [1.807, 2.05) is 36.4 Å². The minimum Gasteiger partial charge on any atom is -0.486 e. The molecule has 0 spiro atoms. The summed E-state index contributed by atoms with van der Waals surface area (Å²) in [5.74, 6) is 1.55. The maximum atomic E-state index is 12.7. The summed E-state index contributed by atoms with van der Waals surface area (Å²) in [5, 5.41) is 0. The molecular weight excluding hydrogens is 436 g/mol. The topological polar surface area (TPSA) is 79.1 Å². The minimum absolute atomic E-state index is 0.0504. The predicted molar refractivity (Wildman–Crippen MR) is 120 cm³/mol. The highest BCUT2D eigenvalue weighted by Crippen LogP contribution is 2.35. The van der Waals surface area contributed by atoms with Gasteiger partial charge in [-0.3, -0.25) is 9.59 Å². The lowest BCUT2D eigenvalue weighted by Crippen LogP contribution is -2.23. The number of carbonyl (C=O) groups is 2. The summed E-state index contributed by atoms with van der Waals surface area (Å²) >= 11 is 3.08. The number of nitrogens with zero attached hydrogens (tertiary/aromatic N) is 2. The van der Waals surface area contributed by atoms with Crippen LogP contribution in [-0.4, -0.2) is 42.5 Å². The fourth-order valence-corrected chi connectivity index (χ4v) is 4.95. The number of rotatable bonds is 6. The second kappa shape index (κ2) is 9.57. The monoisotopic (exact) mass is 458 g/mol. The van der Waals surface area contributed by atoms with Crippen LogP contribution >= 0.6 is 23.1 Å². The summed E-state index contributed by atoms with van der Waals surface area (Å²) in [5.41, 5.74) is 1.64. The second-order valence-electron chi connectivity index (χ2n) is 6.77. The number of methoxy groups -OCH3 is 1. The third-order valence-electron chi connectivity index (χ3n) is 4.67. The fourth-order valence-electron chi connectivity index (χ4n) is 3.23. The number of benzene rings is 2. The molecule has 1 amide bonds. The molecule has 0 saturated carbocycles. The third-order valence-corrected chi connectivity index (χ3v) is 6.61. The molecule has 0 N–H and O–H groups in total. The molecule has 0 aliphatic carbocycles. The van der Waals surface area contributed by atoms with Crippen molar-refractivity contribution >= 4 is 45.2 Å². The molecule has 0 saturated heterocycles. The summed E-state index contributed by atoms with van der Waals surface area (Å²) in [6, 6.07) is 11.6. The maximum absolute atomic E-state index is 12.7. The molecule has 1 aromatic heterocycles. The summed E-state index contributed by atoms with van der Waals surface area (Å²) in [7, 11) is 1.33. The Morgan fingerprint density at radius 1 is 1.16 bits per heavy atom.